The summed E-state index contributed by atoms with van der Waals surface area (Å²) in [6.45, 7) is 1.70. The van der Waals surface area contributed by atoms with Crippen LogP contribution in [0.5, 0.6) is 0 Å². The number of hydrogen-bond donors (Lipinski definition) is 2. The quantitative estimate of drug-likeness (QED) is 0.835. The lowest BCUT2D eigenvalue weighted by atomic mass is 9.96. The van der Waals surface area contributed by atoms with Crippen molar-refractivity contribution < 1.29 is 19.4 Å². The topological polar surface area (TPSA) is 78.9 Å². The zero-order valence-corrected chi connectivity index (χ0v) is 14.9. The van der Waals surface area contributed by atoms with Gasteiger partial charge >= 0.3 is 0 Å². The van der Waals surface area contributed by atoms with E-state index < -0.39 is 6.61 Å². The van der Waals surface area contributed by atoms with Crippen molar-refractivity contribution in [3.8, 4) is 0 Å². The summed E-state index contributed by atoms with van der Waals surface area (Å²) < 4.78 is 5.46. The Bertz CT molecular complexity index is 695. The van der Waals surface area contributed by atoms with Crippen molar-refractivity contribution in [3.63, 3.8) is 0 Å². The predicted molar refractivity (Wildman–Crippen MR) is 95.9 cm³/mol. The summed E-state index contributed by atoms with van der Waals surface area (Å²) in [7, 11) is 0. The van der Waals surface area contributed by atoms with E-state index in [2.05, 4.69) is 11.4 Å². The van der Waals surface area contributed by atoms with Gasteiger partial charge in [-0.05, 0) is 49.8 Å². The summed E-state index contributed by atoms with van der Waals surface area (Å²) in [6, 6.07) is 7.80. The summed E-state index contributed by atoms with van der Waals surface area (Å²) in [6.07, 6.45) is 4.57. The van der Waals surface area contributed by atoms with Gasteiger partial charge in [-0.15, -0.1) is 0 Å². The normalized spacial score (nSPS) is 26.7. The first-order valence-corrected chi connectivity index (χ1v) is 9.53. The van der Waals surface area contributed by atoms with Gasteiger partial charge in [0, 0.05) is 24.6 Å². The van der Waals surface area contributed by atoms with E-state index in [-0.39, 0.29) is 23.4 Å². The minimum Gasteiger partial charge on any atom is -0.387 e. The third kappa shape index (κ3) is 3.23. The highest BCUT2D eigenvalue weighted by Gasteiger charge is 2.54. The third-order valence-electron chi connectivity index (χ3n) is 6.05. The van der Waals surface area contributed by atoms with Crippen molar-refractivity contribution in [1.82, 2.24) is 10.2 Å². The number of likely N-dealkylation sites (tertiary alicyclic amines) is 1. The maximum absolute atomic E-state index is 12.9. The molecule has 3 aliphatic rings. The Morgan fingerprint density at radius 1 is 1.31 bits per heavy atom. The van der Waals surface area contributed by atoms with Gasteiger partial charge in [-0.25, -0.2) is 0 Å². The molecule has 1 aromatic carbocycles. The molecule has 26 heavy (non-hydrogen) atoms. The molecule has 1 aliphatic carbocycles. The third-order valence-corrected chi connectivity index (χ3v) is 6.05. The van der Waals surface area contributed by atoms with Crippen molar-refractivity contribution in [1.29, 1.82) is 0 Å². The monoisotopic (exact) mass is 358 g/mol. The van der Waals surface area contributed by atoms with E-state index in [4.69, 9.17) is 4.74 Å². The fourth-order valence-corrected chi connectivity index (χ4v) is 4.44. The van der Waals surface area contributed by atoms with Gasteiger partial charge in [0.25, 0.3) is 5.91 Å². The molecule has 4 rings (SSSR count). The SMILES string of the molecule is O=C(NC1(C2CCCN2C(=O)CO)CC1)c1cccc(C2CCOC2)c1. The number of nitrogens with one attached hydrogen (secondary N) is 1. The zero-order chi connectivity index (χ0) is 18.1. The van der Waals surface area contributed by atoms with E-state index in [0.29, 0.717) is 18.0 Å². The molecular weight excluding hydrogens is 332 g/mol. The van der Waals surface area contributed by atoms with E-state index in [1.54, 1.807) is 4.90 Å². The van der Waals surface area contributed by atoms with Gasteiger partial charge in [0.2, 0.25) is 5.91 Å². The van der Waals surface area contributed by atoms with Crippen LogP contribution >= 0.6 is 0 Å². The van der Waals surface area contributed by atoms with Crippen molar-refractivity contribution in [2.75, 3.05) is 26.4 Å². The fraction of sp³-hybridized carbons (Fsp3) is 0.600. The second-order valence-electron chi connectivity index (χ2n) is 7.70. The van der Waals surface area contributed by atoms with Crippen molar-refractivity contribution in [2.45, 2.75) is 49.6 Å². The molecule has 0 bridgehead atoms. The molecule has 0 spiro atoms. The zero-order valence-electron chi connectivity index (χ0n) is 14.9. The van der Waals surface area contributed by atoms with Gasteiger partial charge in [-0.2, -0.15) is 0 Å². The van der Waals surface area contributed by atoms with Crippen LogP contribution in [0.15, 0.2) is 24.3 Å². The van der Waals surface area contributed by atoms with Gasteiger partial charge in [-0.1, -0.05) is 12.1 Å². The second kappa shape index (κ2) is 7.00. The molecule has 1 aromatic rings. The molecule has 2 amide bonds. The molecular formula is C20H26N2O4. The molecule has 0 radical (unpaired) electrons. The Hall–Kier alpha value is -1.92. The number of rotatable bonds is 5. The number of benzene rings is 1. The molecule has 2 unspecified atom stereocenters. The maximum atomic E-state index is 12.9. The molecule has 6 nitrogen and oxygen atoms in total. The van der Waals surface area contributed by atoms with Crippen LogP contribution in [-0.4, -0.2) is 59.8 Å². The number of ether oxygens (including phenoxy) is 1. The standard InChI is InChI=1S/C20H26N2O4/c23-12-18(24)22-9-2-5-17(22)20(7-8-20)21-19(25)15-4-1-3-14(11-15)16-6-10-26-13-16/h1,3-4,11,16-17,23H,2,5-10,12-13H2,(H,21,25). The van der Waals surface area contributed by atoms with E-state index >= 15 is 0 Å². The molecule has 2 N–H and O–H groups in total. The Morgan fingerprint density at radius 2 is 2.15 bits per heavy atom. The average Bonchev–Trinajstić information content (AvgIpc) is 3.10. The van der Waals surface area contributed by atoms with Crippen molar-refractivity contribution in [2.24, 2.45) is 0 Å². The summed E-state index contributed by atoms with van der Waals surface area (Å²) in [5.41, 5.74) is 1.49. The summed E-state index contributed by atoms with van der Waals surface area (Å²) in [5.74, 6) is 0.0490. The number of nitrogens with zero attached hydrogens (tertiary/aromatic N) is 1. The first-order valence-electron chi connectivity index (χ1n) is 9.53. The van der Waals surface area contributed by atoms with Gasteiger partial charge < -0.3 is 20.1 Å². The van der Waals surface area contributed by atoms with Crippen molar-refractivity contribution >= 4 is 11.8 Å². The summed E-state index contributed by atoms with van der Waals surface area (Å²) in [4.78, 5) is 26.6. The van der Waals surface area contributed by atoms with Crippen LogP contribution in [0.4, 0.5) is 0 Å². The number of aliphatic hydroxyl groups excluding tert-OH is 1. The van der Waals surface area contributed by atoms with Gasteiger partial charge in [0.05, 0.1) is 18.2 Å². The summed E-state index contributed by atoms with van der Waals surface area (Å²) in [5, 5.41) is 12.4. The molecule has 2 heterocycles. The fourth-order valence-electron chi connectivity index (χ4n) is 4.44. The van der Waals surface area contributed by atoms with E-state index in [1.165, 1.54) is 0 Å². The lowest BCUT2D eigenvalue weighted by molar-refractivity contribution is -0.135. The number of carbonyl (C=O) groups is 2. The number of amides is 2. The number of hydrogen-bond acceptors (Lipinski definition) is 4. The van der Waals surface area contributed by atoms with E-state index in [9.17, 15) is 14.7 Å². The van der Waals surface area contributed by atoms with Crippen molar-refractivity contribution in [3.05, 3.63) is 35.4 Å². The predicted octanol–water partition coefficient (Wildman–Crippen LogP) is 1.44. The van der Waals surface area contributed by atoms with Gasteiger partial charge in [0.1, 0.15) is 6.61 Å². The lowest BCUT2D eigenvalue weighted by Gasteiger charge is -2.32. The average molecular weight is 358 g/mol. The molecule has 2 atom stereocenters. The van der Waals surface area contributed by atoms with Crippen LogP contribution in [0, 0.1) is 0 Å². The smallest absolute Gasteiger partial charge is 0.251 e. The molecule has 1 saturated carbocycles. The molecule has 3 fully saturated rings. The highest BCUT2D eigenvalue weighted by molar-refractivity contribution is 5.95. The Morgan fingerprint density at radius 3 is 2.85 bits per heavy atom. The van der Waals surface area contributed by atoms with Crippen LogP contribution in [0.3, 0.4) is 0 Å². The number of aliphatic hydroxyl groups is 1. The molecule has 6 heteroatoms. The maximum Gasteiger partial charge on any atom is 0.251 e. The van der Waals surface area contributed by atoms with Crippen LogP contribution in [0.25, 0.3) is 0 Å². The first-order chi connectivity index (χ1) is 12.6. The van der Waals surface area contributed by atoms with Crippen LogP contribution in [0.1, 0.15) is 53.9 Å². The van der Waals surface area contributed by atoms with Crippen LogP contribution in [0.2, 0.25) is 0 Å². The Labute approximate surface area is 153 Å². The molecule has 0 aromatic heterocycles. The van der Waals surface area contributed by atoms with Gasteiger partial charge in [-0.3, -0.25) is 9.59 Å². The van der Waals surface area contributed by atoms with Gasteiger partial charge in [0.15, 0.2) is 0 Å². The van der Waals surface area contributed by atoms with Crippen LogP contribution in [-0.2, 0) is 9.53 Å². The van der Waals surface area contributed by atoms with E-state index in [1.807, 2.05) is 18.2 Å². The first kappa shape index (κ1) is 17.5. The molecule has 2 saturated heterocycles. The van der Waals surface area contributed by atoms with E-state index in [0.717, 1.165) is 50.9 Å². The Kier molecular flexibility index (Phi) is 4.71. The Balaban J connectivity index is 1.47. The number of carbonyl (C=O) groups excluding carboxylic acids is 2. The highest BCUT2D eigenvalue weighted by Crippen LogP contribution is 2.45. The molecule has 140 valence electrons. The van der Waals surface area contributed by atoms with Crippen LogP contribution < -0.4 is 5.32 Å². The minimum absolute atomic E-state index is 0.00230. The lowest BCUT2D eigenvalue weighted by Crippen LogP contribution is -2.53. The summed E-state index contributed by atoms with van der Waals surface area (Å²) >= 11 is 0. The second-order valence-corrected chi connectivity index (χ2v) is 7.70. The highest BCUT2D eigenvalue weighted by atomic mass is 16.5. The minimum atomic E-state index is -0.466. The largest absolute Gasteiger partial charge is 0.387 e. The molecule has 2 aliphatic heterocycles.